The van der Waals surface area contributed by atoms with Crippen LogP contribution in [-0.4, -0.2) is 77.1 Å². The number of hydrogen-bond donors (Lipinski definition) is 1. The largest absolute Gasteiger partial charge is 0.495 e. The minimum absolute atomic E-state index is 0.0946. The Balaban J connectivity index is 1.26. The van der Waals surface area contributed by atoms with Crippen molar-refractivity contribution >= 4 is 39.8 Å². The highest BCUT2D eigenvalue weighted by atomic mass is 32.1. The number of nitrogens with one attached hydrogen (secondary N) is 1. The highest BCUT2D eigenvalue weighted by molar-refractivity contribution is 7.14. The summed E-state index contributed by atoms with van der Waals surface area (Å²) in [5, 5.41) is 11.6. The Morgan fingerprint density at radius 2 is 1.83 bits per heavy atom. The van der Waals surface area contributed by atoms with E-state index < -0.39 is 6.04 Å². The fourth-order valence-electron chi connectivity index (χ4n) is 5.24. The van der Waals surface area contributed by atoms with Crippen molar-refractivity contribution in [1.29, 1.82) is 0 Å². The van der Waals surface area contributed by atoms with Gasteiger partial charge in [0, 0.05) is 33.7 Å². The van der Waals surface area contributed by atoms with Gasteiger partial charge in [0.15, 0.2) is 0 Å². The van der Waals surface area contributed by atoms with Crippen molar-refractivity contribution in [3.05, 3.63) is 71.2 Å². The molecular weight excluding hydrogens is 538 g/mol. The number of thiophene rings is 1. The smallest absolute Gasteiger partial charge is 0.271 e. The van der Waals surface area contributed by atoms with Crippen molar-refractivity contribution in [2.75, 3.05) is 33.8 Å². The molecule has 4 aromatic rings. The number of hydrogen-bond acceptors (Lipinski definition) is 6. The van der Waals surface area contributed by atoms with E-state index in [1.54, 1.807) is 36.9 Å². The van der Waals surface area contributed by atoms with Gasteiger partial charge in [0.1, 0.15) is 23.2 Å². The minimum Gasteiger partial charge on any atom is -0.495 e. The first-order valence-corrected chi connectivity index (χ1v) is 14.7. The first-order chi connectivity index (χ1) is 19.8. The Labute approximate surface area is 243 Å². The number of nitrogens with zero attached hydrogens (tertiary/aromatic N) is 4. The van der Waals surface area contributed by atoms with Crippen LogP contribution in [0.4, 0.5) is 0 Å². The number of rotatable bonds is 10. The van der Waals surface area contributed by atoms with E-state index in [-0.39, 0.29) is 24.1 Å². The Morgan fingerprint density at radius 3 is 2.59 bits per heavy atom. The average Bonchev–Trinajstić information content (AvgIpc) is 3.75. The predicted molar refractivity (Wildman–Crippen MR) is 160 cm³/mol. The van der Waals surface area contributed by atoms with Crippen LogP contribution in [0.25, 0.3) is 21.3 Å². The van der Waals surface area contributed by atoms with Crippen LogP contribution < -0.4 is 10.1 Å². The van der Waals surface area contributed by atoms with E-state index >= 15 is 0 Å². The Hall–Kier alpha value is -4.18. The number of amides is 3. The summed E-state index contributed by atoms with van der Waals surface area (Å²) in [6.07, 6.45) is 2.40. The van der Waals surface area contributed by atoms with Crippen LogP contribution in [-0.2, 0) is 23.1 Å². The molecule has 1 aliphatic rings. The zero-order chi connectivity index (χ0) is 28.9. The van der Waals surface area contributed by atoms with E-state index in [4.69, 9.17) is 4.74 Å². The van der Waals surface area contributed by atoms with Gasteiger partial charge in [-0.2, -0.15) is 5.10 Å². The summed E-state index contributed by atoms with van der Waals surface area (Å²) >= 11 is 1.50. The van der Waals surface area contributed by atoms with Crippen molar-refractivity contribution in [1.82, 2.24) is 24.9 Å². The second kappa shape index (κ2) is 12.6. The number of aromatic nitrogens is 2. The lowest BCUT2D eigenvalue weighted by Crippen LogP contribution is -2.49. The van der Waals surface area contributed by atoms with Crippen LogP contribution >= 0.6 is 11.3 Å². The molecule has 2 aromatic carbocycles. The minimum atomic E-state index is -0.714. The lowest BCUT2D eigenvalue weighted by Gasteiger charge is -2.26. The third-order valence-corrected chi connectivity index (χ3v) is 8.43. The first-order valence-electron chi connectivity index (χ1n) is 13.8. The topological polar surface area (TPSA) is 96.8 Å². The molecule has 0 spiro atoms. The fourth-order valence-corrected chi connectivity index (χ4v) is 6.05. The number of ether oxygens (including phenoxy) is 1. The molecule has 5 rings (SSSR count). The monoisotopic (exact) mass is 573 g/mol. The van der Waals surface area contributed by atoms with Gasteiger partial charge in [0.2, 0.25) is 11.8 Å². The Kier molecular flexibility index (Phi) is 8.68. The van der Waals surface area contributed by atoms with Crippen molar-refractivity contribution in [2.45, 2.75) is 31.7 Å². The van der Waals surface area contributed by atoms with Gasteiger partial charge < -0.3 is 19.9 Å². The molecule has 41 heavy (non-hydrogen) atoms. The van der Waals surface area contributed by atoms with E-state index in [2.05, 4.69) is 10.4 Å². The van der Waals surface area contributed by atoms with Crippen molar-refractivity contribution < 1.29 is 19.1 Å². The second-order valence-corrected chi connectivity index (χ2v) is 11.3. The van der Waals surface area contributed by atoms with Crippen LogP contribution in [0, 0.1) is 0 Å². The van der Waals surface area contributed by atoms with Gasteiger partial charge in [0.05, 0.1) is 18.4 Å². The fraction of sp³-hybridized carbons (Fsp3) is 0.355. The second-order valence-electron chi connectivity index (χ2n) is 10.4. The van der Waals surface area contributed by atoms with Crippen molar-refractivity contribution in [3.63, 3.8) is 0 Å². The van der Waals surface area contributed by atoms with Crippen LogP contribution in [0.5, 0.6) is 5.75 Å². The first kappa shape index (κ1) is 28.4. The number of aryl methyl sites for hydroxylation is 1. The third kappa shape index (κ3) is 6.43. The number of carbonyl (C=O) groups excluding carboxylic acids is 3. The summed E-state index contributed by atoms with van der Waals surface area (Å²) in [7, 11) is 5.04. The number of fused-ring (bicyclic) bond motifs is 1. The maximum absolute atomic E-state index is 13.4. The van der Waals surface area contributed by atoms with Gasteiger partial charge in [-0.3, -0.25) is 19.1 Å². The lowest BCUT2D eigenvalue weighted by atomic mass is 10.0. The maximum atomic E-state index is 13.4. The summed E-state index contributed by atoms with van der Waals surface area (Å²) in [5.41, 5.74) is 1.98. The molecular formula is C31H35N5O4S. The molecule has 1 atom stereocenters. The third-order valence-electron chi connectivity index (χ3n) is 7.51. The van der Waals surface area contributed by atoms with Crippen LogP contribution in [0.2, 0.25) is 0 Å². The van der Waals surface area contributed by atoms with Gasteiger partial charge in [-0.05, 0) is 53.1 Å². The summed E-state index contributed by atoms with van der Waals surface area (Å²) in [6, 6.07) is 16.9. The van der Waals surface area contributed by atoms with Gasteiger partial charge >= 0.3 is 0 Å². The highest BCUT2D eigenvalue weighted by Gasteiger charge is 2.29. The van der Waals surface area contributed by atoms with E-state index in [1.807, 2.05) is 58.8 Å². The van der Waals surface area contributed by atoms with Crippen LogP contribution in [0.1, 0.15) is 35.3 Å². The molecule has 9 nitrogen and oxygen atoms in total. The van der Waals surface area contributed by atoms with E-state index in [0.717, 1.165) is 34.1 Å². The molecule has 3 amide bonds. The number of likely N-dealkylation sites (tertiary alicyclic amines) is 1. The Bertz CT molecular complexity index is 1550. The molecule has 214 valence electrons. The molecule has 1 fully saturated rings. The molecule has 1 saturated heterocycles. The predicted octanol–water partition coefficient (Wildman–Crippen LogP) is 4.12. The van der Waals surface area contributed by atoms with E-state index in [0.29, 0.717) is 43.2 Å². The summed E-state index contributed by atoms with van der Waals surface area (Å²) < 4.78 is 6.97. The van der Waals surface area contributed by atoms with Gasteiger partial charge in [-0.15, -0.1) is 11.3 Å². The molecule has 0 saturated carbocycles. The van der Waals surface area contributed by atoms with Crippen LogP contribution in [0.3, 0.4) is 0 Å². The van der Waals surface area contributed by atoms with Crippen molar-refractivity contribution in [2.24, 2.45) is 7.05 Å². The van der Waals surface area contributed by atoms with Crippen LogP contribution in [0.15, 0.2) is 60.0 Å². The molecule has 0 radical (unpaired) electrons. The molecule has 1 N–H and O–H groups in total. The maximum Gasteiger partial charge on any atom is 0.271 e. The van der Waals surface area contributed by atoms with E-state index in [9.17, 15) is 14.4 Å². The molecule has 3 heterocycles. The molecule has 10 heteroatoms. The van der Waals surface area contributed by atoms with Gasteiger partial charge in [0.25, 0.3) is 5.91 Å². The molecule has 1 unspecified atom stereocenters. The number of carbonyl (C=O) groups is 3. The summed E-state index contributed by atoms with van der Waals surface area (Å²) in [6.45, 7) is 1.67. The molecule has 0 bridgehead atoms. The number of benzene rings is 2. The van der Waals surface area contributed by atoms with Gasteiger partial charge in [-0.1, -0.05) is 42.5 Å². The normalized spacial score (nSPS) is 13.8. The highest BCUT2D eigenvalue weighted by Crippen LogP contribution is 2.34. The quantitative estimate of drug-likeness (QED) is 0.308. The summed E-state index contributed by atoms with van der Waals surface area (Å²) in [5.74, 6) is 0.190. The lowest BCUT2D eigenvalue weighted by molar-refractivity contribution is -0.135. The summed E-state index contributed by atoms with van der Waals surface area (Å²) in [4.78, 5) is 44.1. The molecule has 1 aliphatic heterocycles. The standard InChI is InChI=1S/C31H35N5O4S/c1-34(31(39)26-20-25(33-35(26)2)29-27(40-3)13-17-41-29)16-12-24(30(38)36-14-6-7-15-36)32-28(37)19-21-10-11-22-8-4-5-9-23(22)18-21/h4-5,8-11,13,17-18,20,24H,6-7,12,14-16,19H2,1-3H3,(H,32,37). The zero-order valence-electron chi connectivity index (χ0n) is 23.6. The average molecular weight is 574 g/mol. The van der Waals surface area contributed by atoms with Crippen molar-refractivity contribution in [3.8, 4) is 16.3 Å². The SMILES string of the molecule is COc1ccsc1-c1cc(C(=O)N(C)CCC(NC(=O)Cc2ccc3ccccc3c2)C(=O)N2CCCC2)n(C)n1. The molecule has 2 aromatic heterocycles. The zero-order valence-corrected chi connectivity index (χ0v) is 24.4. The Morgan fingerprint density at radius 1 is 1.07 bits per heavy atom. The van der Waals surface area contributed by atoms with E-state index in [1.165, 1.54) is 11.3 Å². The number of methoxy groups -OCH3 is 1. The van der Waals surface area contributed by atoms with Gasteiger partial charge in [-0.25, -0.2) is 0 Å². The molecule has 0 aliphatic carbocycles.